The summed E-state index contributed by atoms with van der Waals surface area (Å²) in [6.07, 6.45) is 0. The van der Waals surface area contributed by atoms with E-state index in [9.17, 15) is 16.8 Å². The third kappa shape index (κ3) is 5.19. The van der Waals surface area contributed by atoms with Crippen LogP contribution >= 0.6 is 0 Å². The van der Waals surface area contributed by atoms with Crippen molar-refractivity contribution in [2.45, 2.75) is 9.79 Å². The molecule has 0 amide bonds. The van der Waals surface area contributed by atoms with Crippen LogP contribution in [0.3, 0.4) is 0 Å². The number of hydrogen-bond donors (Lipinski definition) is 4. The zero-order chi connectivity index (χ0) is 25.2. The molecule has 36 heavy (non-hydrogen) atoms. The van der Waals surface area contributed by atoms with Crippen LogP contribution < -0.4 is 20.1 Å². The molecule has 0 atom stereocenters. The average molecular weight is 525 g/mol. The molecular weight excluding hydrogens is 500 g/mol. The summed E-state index contributed by atoms with van der Waals surface area (Å²) in [7, 11) is -8.05. The molecule has 0 aromatic heterocycles. The minimum atomic E-state index is -4.02. The molecule has 0 saturated heterocycles. The monoisotopic (exact) mass is 524 g/mol. The maximum atomic E-state index is 13.0. The van der Waals surface area contributed by atoms with E-state index in [1.165, 1.54) is 18.2 Å². The molecule has 5 rings (SSSR count). The fourth-order valence-electron chi connectivity index (χ4n) is 3.81. The number of amidine groups is 2. The molecule has 0 fully saturated rings. The minimum Gasteiger partial charge on any atom is -0.368 e. The molecule has 0 bridgehead atoms. The first kappa shape index (κ1) is 23.8. The van der Waals surface area contributed by atoms with Crippen LogP contribution in [-0.4, -0.2) is 54.7 Å². The zero-order valence-electron chi connectivity index (χ0n) is 19.1. The van der Waals surface area contributed by atoms with Crippen LogP contribution in [0, 0.1) is 0 Å². The first-order chi connectivity index (χ1) is 17.3. The van der Waals surface area contributed by atoms with E-state index < -0.39 is 20.0 Å². The van der Waals surface area contributed by atoms with E-state index in [1.807, 2.05) is 0 Å². The first-order valence-corrected chi connectivity index (χ1v) is 14.2. The molecule has 10 nitrogen and oxygen atoms in total. The lowest BCUT2D eigenvalue weighted by Crippen LogP contribution is -2.19. The van der Waals surface area contributed by atoms with Crippen LogP contribution in [0.5, 0.6) is 0 Å². The van der Waals surface area contributed by atoms with E-state index >= 15 is 0 Å². The van der Waals surface area contributed by atoms with Gasteiger partial charge in [-0.2, -0.15) is 0 Å². The summed E-state index contributed by atoms with van der Waals surface area (Å²) in [5, 5.41) is 6.32. The quantitative estimate of drug-likeness (QED) is 0.355. The summed E-state index contributed by atoms with van der Waals surface area (Å²) in [6.45, 7) is 2.96. The second-order valence-electron chi connectivity index (χ2n) is 8.15. The Morgan fingerprint density at radius 2 is 1.03 bits per heavy atom. The van der Waals surface area contributed by atoms with Gasteiger partial charge in [-0.1, -0.05) is 6.07 Å². The second-order valence-corrected chi connectivity index (χ2v) is 11.5. The first-order valence-electron chi connectivity index (χ1n) is 11.2. The average Bonchev–Trinajstić information content (AvgIpc) is 3.60. The molecule has 2 aliphatic heterocycles. The van der Waals surface area contributed by atoms with Crippen LogP contribution in [0.4, 0.5) is 11.4 Å². The number of nitrogens with one attached hydrogen (secondary N) is 4. The zero-order valence-corrected chi connectivity index (χ0v) is 20.7. The summed E-state index contributed by atoms with van der Waals surface area (Å²) in [5.41, 5.74) is 2.42. The molecular formula is C24H24N6O4S2. The highest BCUT2D eigenvalue weighted by Crippen LogP contribution is 2.22. The fraction of sp³-hybridized carbons (Fsp3) is 0.167. The van der Waals surface area contributed by atoms with Crippen LogP contribution in [-0.2, 0) is 20.0 Å². The van der Waals surface area contributed by atoms with Gasteiger partial charge in [0.25, 0.3) is 20.0 Å². The number of hydrogen-bond acceptors (Lipinski definition) is 8. The third-order valence-electron chi connectivity index (χ3n) is 5.60. The van der Waals surface area contributed by atoms with E-state index in [2.05, 4.69) is 30.1 Å². The molecule has 0 spiro atoms. The molecule has 0 unspecified atom stereocenters. The van der Waals surface area contributed by atoms with Gasteiger partial charge in [0, 0.05) is 35.6 Å². The molecule has 186 valence electrons. The van der Waals surface area contributed by atoms with E-state index in [-0.39, 0.29) is 9.79 Å². The van der Waals surface area contributed by atoms with Crippen molar-refractivity contribution in [3.63, 3.8) is 0 Å². The Morgan fingerprint density at radius 3 is 1.39 bits per heavy atom. The Hall–Kier alpha value is -3.90. The van der Waals surface area contributed by atoms with E-state index in [1.54, 1.807) is 48.5 Å². The Kier molecular flexibility index (Phi) is 6.37. The summed E-state index contributed by atoms with van der Waals surface area (Å²) in [4.78, 5) is 8.34. The number of anilines is 2. The fourth-order valence-corrected chi connectivity index (χ4v) is 6.09. The number of aliphatic imine (C=N–C) groups is 2. The normalized spacial score (nSPS) is 15.4. The number of sulfonamides is 2. The molecule has 0 saturated carbocycles. The number of nitrogens with zero attached hydrogens (tertiary/aromatic N) is 2. The van der Waals surface area contributed by atoms with Gasteiger partial charge in [-0.15, -0.1) is 0 Å². The van der Waals surface area contributed by atoms with Crippen molar-refractivity contribution >= 4 is 43.1 Å². The van der Waals surface area contributed by atoms with Crippen LogP contribution in [0.1, 0.15) is 11.1 Å². The van der Waals surface area contributed by atoms with Crippen LogP contribution in [0.2, 0.25) is 0 Å². The van der Waals surface area contributed by atoms with Gasteiger partial charge in [-0.05, 0) is 66.7 Å². The Morgan fingerprint density at radius 1 is 0.611 bits per heavy atom. The predicted molar refractivity (Wildman–Crippen MR) is 140 cm³/mol. The van der Waals surface area contributed by atoms with Gasteiger partial charge in [-0.3, -0.25) is 19.4 Å². The van der Waals surface area contributed by atoms with Crippen molar-refractivity contribution < 1.29 is 16.8 Å². The molecule has 0 radical (unpaired) electrons. The van der Waals surface area contributed by atoms with Gasteiger partial charge in [0.05, 0.1) is 22.9 Å². The van der Waals surface area contributed by atoms with E-state index in [0.29, 0.717) is 24.5 Å². The smallest absolute Gasteiger partial charge is 0.261 e. The van der Waals surface area contributed by atoms with E-state index in [0.717, 1.165) is 42.0 Å². The minimum absolute atomic E-state index is 0.169. The Balaban J connectivity index is 1.31. The molecule has 3 aromatic carbocycles. The maximum absolute atomic E-state index is 13.0. The molecule has 3 aromatic rings. The van der Waals surface area contributed by atoms with Crippen molar-refractivity contribution in [3.8, 4) is 0 Å². The number of benzene rings is 3. The largest absolute Gasteiger partial charge is 0.368 e. The lowest BCUT2D eigenvalue weighted by Gasteiger charge is -2.12. The van der Waals surface area contributed by atoms with Gasteiger partial charge in [0.1, 0.15) is 11.7 Å². The predicted octanol–water partition coefficient (Wildman–Crippen LogP) is 1.99. The van der Waals surface area contributed by atoms with Gasteiger partial charge in [0.2, 0.25) is 0 Å². The molecule has 12 heteroatoms. The van der Waals surface area contributed by atoms with Crippen molar-refractivity contribution in [2.75, 3.05) is 35.6 Å². The highest BCUT2D eigenvalue weighted by molar-refractivity contribution is 7.93. The van der Waals surface area contributed by atoms with Crippen molar-refractivity contribution in [3.05, 3.63) is 83.9 Å². The Bertz CT molecular complexity index is 1430. The van der Waals surface area contributed by atoms with Gasteiger partial charge < -0.3 is 10.6 Å². The van der Waals surface area contributed by atoms with Crippen molar-refractivity contribution in [1.29, 1.82) is 0 Å². The van der Waals surface area contributed by atoms with Gasteiger partial charge >= 0.3 is 0 Å². The maximum Gasteiger partial charge on any atom is 0.261 e. The van der Waals surface area contributed by atoms with Crippen molar-refractivity contribution in [2.24, 2.45) is 9.98 Å². The Labute approximate surface area is 209 Å². The van der Waals surface area contributed by atoms with Crippen LogP contribution in [0.15, 0.2) is 92.6 Å². The highest BCUT2D eigenvalue weighted by Gasteiger charge is 2.20. The van der Waals surface area contributed by atoms with Crippen molar-refractivity contribution in [1.82, 2.24) is 10.6 Å². The molecule has 2 heterocycles. The van der Waals surface area contributed by atoms with Crippen LogP contribution in [0.25, 0.3) is 0 Å². The molecule has 0 aliphatic carbocycles. The summed E-state index contributed by atoms with van der Waals surface area (Å²) in [5.74, 6) is 1.54. The van der Waals surface area contributed by atoms with Gasteiger partial charge in [-0.25, -0.2) is 16.8 Å². The summed E-state index contributed by atoms with van der Waals surface area (Å²) < 4.78 is 56.8. The number of rotatable bonds is 8. The summed E-state index contributed by atoms with van der Waals surface area (Å²) >= 11 is 0. The topological polar surface area (TPSA) is 141 Å². The lowest BCUT2D eigenvalue weighted by molar-refractivity contribution is 0.599. The summed E-state index contributed by atoms with van der Waals surface area (Å²) in [6, 6.07) is 18.8. The molecule has 2 aliphatic rings. The lowest BCUT2D eigenvalue weighted by atomic mass is 10.2. The standard InChI is InChI=1S/C24H24N6O4S2/c31-35(32,29-19-8-4-17(5-9-19)23-25-12-13-26-23)21-2-1-3-22(16-21)36(33,34)30-20-10-6-18(7-11-20)24-27-14-15-28-24/h1-11,16,29-30H,12-15H2,(H,25,26)(H,27,28). The highest BCUT2D eigenvalue weighted by atomic mass is 32.2. The third-order valence-corrected chi connectivity index (χ3v) is 8.35. The molecule has 4 N–H and O–H groups in total. The SMILES string of the molecule is O=S(=O)(Nc1ccc(C2=NCCN2)cc1)c1cccc(S(=O)(=O)Nc2ccc(C3=NCCN3)cc2)c1. The van der Waals surface area contributed by atoms with Gasteiger partial charge in [0.15, 0.2) is 0 Å². The van der Waals surface area contributed by atoms with E-state index in [4.69, 9.17) is 0 Å². The second kappa shape index (κ2) is 9.63.